The summed E-state index contributed by atoms with van der Waals surface area (Å²) in [6, 6.07) is 9.95. The predicted molar refractivity (Wildman–Crippen MR) is 88.7 cm³/mol. The normalized spacial score (nSPS) is 10.4. The van der Waals surface area contributed by atoms with Crippen molar-refractivity contribution in [2.24, 2.45) is 0 Å². The fourth-order valence-electron chi connectivity index (χ4n) is 2.13. The van der Waals surface area contributed by atoms with Crippen molar-refractivity contribution in [3.63, 3.8) is 0 Å². The number of pyridine rings is 1. The quantitative estimate of drug-likeness (QED) is 0.851. The summed E-state index contributed by atoms with van der Waals surface area (Å²) in [5.74, 6) is 2.58. The van der Waals surface area contributed by atoms with Crippen LogP contribution in [0.4, 0.5) is 5.82 Å². The molecule has 5 heteroatoms. The maximum Gasteiger partial charge on any atom is 0.127 e. The summed E-state index contributed by atoms with van der Waals surface area (Å²) in [5.41, 5.74) is 2.25. The molecule has 0 spiro atoms. The van der Waals surface area contributed by atoms with E-state index >= 15 is 0 Å². The van der Waals surface area contributed by atoms with E-state index in [-0.39, 0.29) is 0 Å². The Balaban J connectivity index is 1.93. The van der Waals surface area contributed by atoms with Gasteiger partial charge in [0.2, 0.25) is 0 Å². The minimum atomic E-state index is 0.725. The van der Waals surface area contributed by atoms with Crippen LogP contribution in [0.5, 0.6) is 11.5 Å². The van der Waals surface area contributed by atoms with Crippen molar-refractivity contribution in [3.05, 3.63) is 47.7 Å². The Morgan fingerprint density at radius 2 is 1.86 bits per heavy atom. The molecule has 0 atom stereocenters. The first kappa shape index (κ1) is 16.1. The highest BCUT2D eigenvalue weighted by molar-refractivity contribution is 5.41. The van der Waals surface area contributed by atoms with Crippen LogP contribution in [0, 0.1) is 0 Å². The zero-order valence-corrected chi connectivity index (χ0v) is 13.6. The van der Waals surface area contributed by atoms with Gasteiger partial charge in [-0.3, -0.25) is 0 Å². The molecule has 1 N–H and O–H groups in total. The lowest BCUT2D eigenvalue weighted by Gasteiger charge is -2.13. The van der Waals surface area contributed by atoms with Crippen molar-refractivity contribution in [2.75, 3.05) is 33.2 Å². The summed E-state index contributed by atoms with van der Waals surface area (Å²) in [4.78, 5) is 6.39. The van der Waals surface area contributed by atoms with Gasteiger partial charge in [-0.15, -0.1) is 0 Å². The molecule has 0 fully saturated rings. The van der Waals surface area contributed by atoms with E-state index in [1.54, 1.807) is 14.2 Å². The van der Waals surface area contributed by atoms with Crippen LogP contribution in [0.3, 0.4) is 0 Å². The topological polar surface area (TPSA) is 46.6 Å². The molecule has 0 amide bonds. The van der Waals surface area contributed by atoms with Crippen molar-refractivity contribution < 1.29 is 9.47 Å². The summed E-state index contributed by atoms with van der Waals surface area (Å²) in [5, 5.41) is 3.40. The molecule has 0 aliphatic carbocycles. The van der Waals surface area contributed by atoms with E-state index < -0.39 is 0 Å². The number of benzene rings is 1. The van der Waals surface area contributed by atoms with Crippen LogP contribution in [0.2, 0.25) is 0 Å². The third kappa shape index (κ3) is 4.11. The van der Waals surface area contributed by atoms with Gasteiger partial charge in [0.1, 0.15) is 17.3 Å². The second-order valence-electron chi connectivity index (χ2n) is 5.20. The fourth-order valence-corrected chi connectivity index (χ4v) is 2.13. The Bertz CT molecular complexity index is 597. The van der Waals surface area contributed by atoms with Gasteiger partial charge < -0.3 is 19.7 Å². The Labute approximate surface area is 131 Å². The summed E-state index contributed by atoms with van der Waals surface area (Å²) in [6.45, 7) is 1.48. The molecule has 0 saturated carbocycles. The Morgan fingerprint density at radius 1 is 1.05 bits per heavy atom. The number of aromatic nitrogens is 1. The molecule has 0 aliphatic rings. The molecule has 0 radical (unpaired) electrons. The van der Waals surface area contributed by atoms with Crippen molar-refractivity contribution in [2.45, 2.75) is 13.1 Å². The van der Waals surface area contributed by atoms with Crippen LogP contribution in [-0.4, -0.2) is 33.3 Å². The first-order chi connectivity index (χ1) is 10.6. The number of nitrogens with one attached hydrogen (secondary N) is 1. The lowest BCUT2D eigenvalue weighted by atomic mass is 10.2. The van der Waals surface area contributed by atoms with E-state index in [4.69, 9.17) is 9.47 Å². The molecule has 0 aliphatic heterocycles. The monoisotopic (exact) mass is 301 g/mol. The largest absolute Gasteiger partial charge is 0.497 e. The number of methoxy groups -OCH3 is 2. The number of nitrogens with zero attached hydrogens (tertiary/aromatic N) is 2. The second kappa shape index (κ2) is 7.66. The van der Waals surface area contributed by atoms with Gasteiger partial charge in [-0.25, -0.2) is 4.98 Å². The van der Waals surface area contributed by atoms with E-state index in [1.165, 1.54) is 0 Å². The van der Waals surface area contributed by atoms with Gasteiger partial charge in [-0.2, -0.15) is 0 Å². The van der Waals surface area contributed by atoms with E-state index in [9.17, 15) is 0 Å². The van der Waals surface area contributed by atoms with E-state index in [0.29, 0.717) is 0 Å². The molecule has 2 rings (SSSR count). The van der Waals surface area contributed by atoms with Crippen molar-refractivity contribution in [3.8, 4) is 11.5 Å². The van der Waals surface area contributed by atoms with Gasteiger partial charge in [0, 0.05) is 45.0 Å². The van der Waals surface area contributed by atoms with Crippen LogP contribution in [0.1, 0.15) is 11.1 Å². The average molecular weight is 301 g/mol. The smallest absolute Gasteiger partial charge is 0.127 e. The van der Waals surface area contributed by atoms with Crippen LogP contribution >= 0.6 is 0 Å². The van der Waals surface area contributed by atoms with E-state index in [0.717, 1.165) is 41.5 Å². The van der Waals surface area contributed by atoms with Gasteiger partial charge in [-0.05, 0) is 17.7 Å². The molecule has 1 aromatic carbocycles. The second-order valence-corrected chi connectivity index (χ2v) is 5.20. The van der Waals surface area contributed by atoms with E-state index in [1.807, 2.05) is 49.5 Å². The lowest BCUT2D eigenvalue weighted by molar-refractivity contribution is 0.390. The zero-order valence-electron chi connectivity index (χ0n) is 13.6. The molecule has 1 aromatic heterocycles. The SMILES string of the molecule is COc1ccc(CNCc2ccc(N(C)C)nc2)c(OC)c1. The first-order valence-electron chi connectivity index (χ1n) is 7.18. The van der Waals surface area contributed by atoms with Crippen molar-refractivity contribution in [1.29, 1.82) is 0 Å². The predicted octanol–water partition coefficient (Wildman–Crippen LogP) is 2.45. The summed E-state index contributed by atoms with van der Waals surface area (Å²) >= 11 is 0. The van der Waals surface area contributed by atoms with Crippen LogP contribution < -0.4 is 19.7 Å². The highest BCUT2D eigenvalue weighted by atomic mass is 16.5. The molecule has 1 heterocycles. The van der Waals surface area contributed by atoms with Crippen LogP contribution in [0.25, 0.3) is 0 Å². The fraction of sp³-hybridized carbons (Fsp3) is 0.353. The molecule has 118 valence electrons. The number of rotatable bonds is 7. The third-order valence-corrected chi connectivity index (χ3v) is 3.41. The van der Waals surface area contributed by atoms with Gasteiger partial charge in [0.05, 0.1) is 14.2 Å². The number of hydrogen-bond donors (Lipinski definition) is 1. The molecule has 2 aromatic rings. The maximum absolute atomic E-state index is 5.39. The van der Waals surface area contributed by atoms with Gasteiger partial charge in [0.25, 0.3) is 0 Å². The number of ether oxygens (including phenoxy) is 2. The highest BCUT2D eigenvalue weighted by Gasteiger charge is 2.05. The molecular weight excluding hydrogens is 278 g/mol. The van der Waals surface area contributed by atoms with Gasteiger partial charge in [-0.1, -0.05) is 12.1 Å². The molecule has 0 bridgehead atoms. The Kier molecular flexibility index (Phi) is 5.61. The lowest BCUT2D eigenvalue weighted by Crippen LogP contribution is -2.14. The number of anilines is 1. The number of hydrogen-bond acceptors (Lipinski definition) is 5. The minimum Gasteiger partial charge on any atom is -0.497 e. The summed E-state index contributed by atoms with van der Waals surface area (Å²) in [6.07, 6.45) is 1.90. The first-order valence-corrected chi connectivity index (χ1v) is 7.18. The molecule has 5 nitrogen and oxygen atoms in total. The van der Waals surface area contributed by atoms with Crippen molar-refractivity contribution in [1.82, 2.24) is 10.3 Å². The minimum absolute atomic E-state index is 0.725. The standard InChI is InChI=1S/C17H23N3O2/c1-20(2)17-8-5-13(11-19-17)10-18-12-14-6-7-15(21-3)9-16(14)22-4/h5-9,11,18H,10,12H2,1-4H3. The molecule has 0 unspecified atom stereocenters. The highest BCUT2D eigenvalue weighted by Crippen LogP contribution is 2.24. The third-order valence-electron chi connectivity index (χ3n) is 3.41. The van der Waals surface area contributed by atoms with E-state index in [2.05, 4.69) is 16.4 Å². The van der Waals surface area contributed by atoms with Crippen LogP contribution in [0.15, 0.2) is 36.5 Å². The Hall–Kier alpha value is -2.27. The van der Waals surface area contributed by atoms with Crippen molar-refractivity contribution >= 4 is 5.82 Å². The maximum atomic E-state index is 5.39. The van der Waals surface area contributed by atoms with Gasteiger partial charge >= 0.3 is 0 Å². The van der Waals surface area contributed by atoms with Crippen LogP contribution in [-0.2, 0) is 13.1 Å². The molecule has 22 heavy (non-hydrogen) atoms. The summed E-state index contributed by atoms with van der Waals surface area (Å²) in [7, 11) is 7.28. The Morgan fingerprint density at radius 3 is 2.45 bits per heavy atom. The zero-order chi connectivity index (χ0) is 15.9. The summed E-state index contributed by atoms with van der Waals surface area (Å²) < 4.78 is 10.6. The molecule has 0 saturated heterocycles. The molecular formula is C17H23N3O2. The van der Waals surface area contributed by atoms with Gasteiger partial charge in [0.15, 0.2) is 0 Å². The average Bonchev–Trinajstić information content (AvgIpc) is 2.55.